The van der Waals surface area contributed by atoms with E-state index in [9.17, 15) is 0 Å². The van der Waals surface area contributed by atoms with Crippen LogP contribution in [0.25, 0.3) is 4.48 Å². The van der Waals surface area contributed by atoms with Crippen LogP contribution in [0.1, 0.15) is 51.2 Å². The van der Waals surface area contributed by atoms with E-state index < -0.39 is 0 Å². The lowest BCUT2D eigenvalue weighted by molar-refractivity contribution is 0.611. The number of rotatable bonds is 3. The highest BCUT2D eigenvalue weighted by molar-refractivity contribution is 9.15. The summed E-state index contributed by atoms with van der Waals surface area (Å²) in [6.07, 6.45) is 3.68. The average Bonchev–Trinajstić information content (AvgIpc) is 2.86. The summed E-state index contributed by atoms with van der Waals surface area (Å²) in [6, 6.07) is 8.89. The zero-order chi connectivity index (χ0) is 12.6. The lowest BCUT2D eigenvalue weighted by Gasteiger charge is -2.07. The first-order valence-corrected chi connectivity index (χ1v) is 7.17. The van der Waals surface area contributed by atoms with Crippen molar-refractivity contribution in [2.24, 2.45) is 11.3 Å². The zero-order valence-corrected chi connectivity index (χ0v) is 12.7. The van der Waals surface area contributed by atoms with Crippen molar-refractivity contribution < 1.29 is 0 Å². The van der Waals surface area contributed by atoms with Crippen molar-refractivity contribution in [2.45, 2.75) is 40.0 Å². The van der Waals surface area contributed by atoms with Crippen molar-refractivity contribution in [3.63, 3.8) is 0 Å². The topological polar surface area (TPSA) is 0 Å². The smallest absolute Gasteiger partial charge is 0.0210 e. The van der Waals surface area contributed by atoms with E-state index in [4.69, 9.17) is 0 Å². The van der Waals surface area contributed by atoms with Gasteiger partial charge >= 0.3 is 0 Å². The predicted molar refractivity (Wildman–Crippen MR) is 79.3 cm³/mol. The van der Waals surface area contributed by atoms with Gasteiger partial charge in [-0.15, -0.1) is 0 Å². The molecular formula is C16H21Br. The molecule has 2 rings (SSSR count). The Bertz CT molecular complexity index is 423. The van der Waals surface area contributed by atoms with E-state index in [-0.39, 0.29) is 0 Å². The molecule has 1 aromatic carbocycles. The molecule has 1 aliphatic rings. The van der Waals surface area contributed by atoms with Crippen molar-refractivity contribution in [3.05, 3.63) is 41.5 Å². The second-order valence-electron chi connectivity index (χ2n) is 6.09. The maximum Gasteiger partial charge on any atom is 0.0210 e. The van der Waals surface area contributed by atoms with Gasteiger partial charge in [0.25, 0.3) is 0 Å². The highest BCUT2D eigenvalue weighted by Crippen LogP contribution is 2.53. The van der Waals surface area contributed by atoms with E-state index in [0.29, 0.717) is 11.3 Å². The van der Waals surface area contributed by atoms with Gasteiger partial charge in [-0.05, 0) is 34.8 Å². The number of hydrogen-bond donors (Lipinski definition) is 0. The monoisotopic (exact) mass is 292 g/mol. The SMILES string of the molecule is CC(C)c1ccc(C(Br)=CC2CC2(C)C)cc1. The summed E-state index contributed by atoms with van der Waals surface area (Å²) < 4.78 is 1.24. The summed E-state index contributed by atoms with van der Waals surface area (Å²) in [4.78, 5) is 0. The molecule has 0 N–H and O–H groups in total. The second kappa shape index (κ2) is 4.61. The van der Waals surface area contributed by atoms with Crippen LogP contribution in [0.5, 0.6) is 0 Å². The molecule has 1 heteroatoms. The van der Waals surface area contributed by atoms with E-state index in [1.165, 1.54) is 22.0 Å². The molecule has 1 fully saturated rings. The third-order valence-electron chi connectivity index (χ3n) is 3.79. The van der Waals surface area contributed by atoms with Gasteiger partial charge in [0, 0.05) is 4.48 Å². The van der Waals surface area contributed by atoms with E-state index in [0.717, 1.165) is 5.92 Å². The van der Waals surface area contributed by atoms with Crippen molar-refractivity contribution >= 4 is 20.4 Å². The van der Waals surface area contributed by atoms with Crippen LogP contribution in [0.15, 0.2) is 30.3 Å². The average molecular weight is 293 g/mol. The third-order valence-corrected chi connectivity index (χ3v) is 4.51. The molecule has 0 spiro atoms. The molecule has 1 aliphatic carbocycles. The minimum Gasteiger partial charge on any atom is -0.0660 e. The van der Waals surface area contributed by atoms with E-state index in [1.807, 2.05) is 0 Å². The Kier molecular flexibility index (Phi) is 3.49. The summed E-state index contributed by atoms with van der Waals surface area (Å²) in [5.74, 6) is 1.34. The fraction of sp³-hybridized carbons (Fsp3) is 0.500. The van der Waals surface area contributed by atoms with Crippen LogP contribution in [0, 0.1) is 11.3 Å². The first kappa shape index (κ1) is 12.9. The van der Waals surface area contributed by atoms with Gasteiger partial charge in [0.05, 0.1) is 0 Å². The maximum atomic E-state index is 3.70. The Morgan fingerprint density at radius 1 is 1.29 bits per heavy atom. The minimum absolute atomic E-state index is 0.511. The minimum atomic E-state index is 0.511. The zero-order valence-electron chi connectivity index (χ0n) is 11.1. The van der Waals surface area contributed by atoms with Crippen molar-refractivity contribution in [1.29, 1.82) is 0 Å². The van der Waals surface area contributed by atoms with Crippen molar-refractivity contribution in [1.82, 2.24) is 0 Å². The standard InChI is InChI=1S/C16H21Br/c1-11(2)12-5-7-13(8-6-12)15(17)9-14-10-16(14,3)4/h5-9,11,14H,10H2,1-4H3. The molecule has 1 aromatic rings. The highest BCUT2D eigenvalue weighted by Gasteiger charge is 2.43. The molecule has 0 bridgehead atoms. The fourth-order valence-electron chi connectivity index (χ4n) is 2.09. The summed E-state index contributed by atoms with van der Waals surface area (Å²) in [6.45, 7) is 9.12. The lowest BCUT2D eigenvalue weighted by Crippen LogP contribution is -1.89. The molecule has 0 aromatic heterocycles. The van der Waals surface area contributed by atoms with Gasteiger partial charge in [0.2, 0.25) is 0 Å². The first-order valence-electron chi connectivity index (χ1n) is 6.38. The molecular weight excluding hydrogens is 272 g/mol. The summed E-state index contributed by atoms with van der Waals surface area (Å²) in [5, 5.41) is 0. The Labute approximate surface area is 113 Å². The van der Waals surface area contributed by atoms with E-state index in [1.54, 1.807) is 0 Å². The quantitative estimate of drug-likeness (QED) is 0.681. The van der Waals surface area contributed by atoms with Gasteiger partial charge in [-0.2, -0.15) is 0 Å². The maximum absolute atomic E-state index is 3.70. The normalized spacial score (nSPS) is 22.9. The molecule has 0 saturated heterocycles. The van der Waals surface area contributed by atoms with Crippen LogP contribution in [-0.4, -0.2) is 0 Å². The van der Waals surface area contributed by atoms with Crippen LogP contribution in [-0.2, 0) is 0 Å². The molecule has 1 atom stereocenters. The number of benzene rings is 1. The highest BCUT2D eigenvalue weighted by atomic mass is 79.9. The number of halogens is 1. The van der Waals surface area contributed by atoms with Crippen LogP contribution < -0.4 is 0 Å². The van der Waals surface area contributed by atoms with Crippen LogP contribution in [0.3, 0.4) is 0 Å². The number of allylic oxidation sites excluding steroid dienone is 1. The van der Waals surface area contributed by atoms with Gasteiger partial charge in [-0.1, -0.05) is 74.0 Å². The molecule has 0 aliphatic heterocycles. The molecule has 0 radical (unpaired) electrons. The summed E-state index contributed by atoms with van der Waals surface area (Å²) in [7, 11) is 0. The molecule has 1 saturated carbocycles. The third kappa shape index (κ3) is 3.01. The molecule has 92 valence electrons. The van der Waals surface area contributed by atoms with Gasteiger partial charge < -0.3 is 0 Å². The molecule has 17 heavy (non-hydrogen) atoms. The predicted octanol–water partition coefficient (Wildman–Crippen LogP) is 5.59. The Morgan fingerprint density at radius 2 is 1.82 bits per heavy atom. The lowest BCUT2D eigenvalue weighted by atomic mass is 10.0. The summed E-state index contributed by atoms with van der Waals surface area (Å²) in [5.41, 5.74) is 3.20. The largest absolute Gasteiger partial charge is 0.0660 e. The van der Waals surface area contributed by atoms with Gasteiger partial charge in [-0.25, -0.2) is 0 Å². The molecule has 0 amide bonds. The van der Waals surface area contributed by atoms with E-state index >= 15 is 0 Å². The second-order valence-corrected chi connectivity index (χ2v) is 6.94. The first-order chi connectivity index (χ1) is 7.90. The van der Waals surface area contributed by atoms with Gasteiger partial charge in [0.15, 0.2) is 0 Å². The number of hydrogen-bond acceptors (Lipinski definition) is 0. The van der Waals surface area contributed by atoms with Gasteiger partial charge in [-0.3, -0.25) is 0 Å². The summed E-state index contributed by atoms with van der Waals surface area (Å²) >= 11 is 3.70. The van der Waals surface area contributed by atoms with Crippen LogP contribution in [0.4, 0.5) is 0 Å². The van der Waals surface area contributed by atoms with Crippen LogP contribution >= 0.6 is 15.9 Å². The molecule has 0 heterocycles. The molecule has 0 nitrogen and oxygen atoms in total. The Hall–Kier alpha value is -0.560. The van der Waals surface area contributed by atoms with Crippen molar-refractivity contribution in [2.75, 3.05) is 0 Å². The fourth-order valence-corrected chi connectivity index (χ4v) is 2.68. The van der Waals surface area contributed by atoms with Crippen LogP contribution in [0.2, 0.25) is 0 Å². The Balaban J connectivity index is 2.12. The Morgan fingerprint density at radius 3 is 2.24 bits per heavy atom. The van der Waals surface area contributed by atoms with Gasteiger partial charge in [0.1, 0.15) is 0 Å². The van der Waals surface area contributed by atoms with Crippen molar-refractivity contribution in [3.8, 4) is 0 Å². The van der Waals surface area contributed by atoms with E-state index in [2.05, 4.69) is 74.0 Å². The molecule has 1 unspecified atom stereocenters.